The number of aromatic nitrogens is 1. The van der Waals surface area contributed by atoms with E-state index in [0.717, 1.165) is 17.0 Å². The minimum Gasteiger partial charge on any atom is -0.367 e. The van der Waals surface area contributed by atoms with Gasteiger partial charge in [0.2, 0.25) is 5.88 Å². The van der Waals surface area contributed by atoms with E-state index in [0.29, 0.717) is 11.8 Å². The van der Waals surface area contributed by atoms with E-state index in [4.69, 9.17) is 10.3 Å². The lowest BCUT2D eigenvalue weighted by Crippen LogP contribution is -2.46. The van der Waals surface area contributed by atoms with Gasteiger partial charge in [0.1, 0.15) is 0 Å². The molecule has 0 amide bonds. The lowest BCUT2D eigenvalue weighted by molar-refractivity contribution is 0.0871. The molecular formula is C16H19N3O. The molecule has 1 atom stereocenters. The third-order valence-corrected chi connectivity index (χ3v) is 4.90. The highest BCUT2D eigenvalue weighted by Gasteiger charge is 2.34. The van der Waals surface area contributed by atoms with Crippen LogP contribution in [0.15, 0.2) is 35.0 Å². The number of nitrogen functional groups attached to an aromatic ring is 1. The van der Waals surface area contributed by atoms with Crippen molar-refractivity contribution in [2.24, 2.45) is 5.92 Å². The Labute approximate surface area is 118 Å². The Kier molecular flexibility index (Phi) is 2.77. The van der Waals surface area contributed by atoms with Crippen LogP contribution in [-0.2, 0) is 0 Å². The van der Waals surface area contributed by atoms with E-state index in [1.54, 1.807) is 6.20 Å². The van der Waals surface area contributed by atoms with Gasteiger partial charge in [0.15, 0.2) is 0 Å². The molecule has 1 aromatic carbocycles. The van der Waals surface area contributed by atoms with Crippen molar-refractivity contribution in [2.75, 3.05) is 25.4 Å². The summed E-state index contributed by atoms with van der Waals surface area (Å²) >= 11 is 0. The van der Waals surface area contributed by atoms with Gasteiger partial charge in [-0.25, -0.2) is 0 Å². The molecule has 3 saturated heterocycles. The van der Waals surface area contributed by atoms with E-state index in [1.807, 2.05) is 0 Å². The second-order valence-electron chi connectivity index (χ2n) is 5.97. The zero-order chi connectivity index (χ0) is 13.5. The molecule has 2 aromatic rings. The van der Waals surface area contributed by atoms with Gasteiger partial charge in [-0.1, -0.05) is 29.4 Å². The molecule has 3 fully saturated rings. The first kappa shape index (κ1) is 12.0. The number of anilines is 1. The highest BCUT2D eigenvalue weighted by molar-refractivity contribution is 5.71. The summed E-state index contributed by atoms with van der Waals surface area (Å²) in [5, 5.41) is 3.73. The van der Waals surface area contributed by atoms with Crippen molar-refractivity contribution in [3.8, 4) is 11.1 Å². The topological polar surface area (TPSA) is 55.3 Å². The minimum absolute atomic E-state index is 0.389. The van der Waals surface area contributed by atoms with Crippen LogP contribution in [0, 0.1) is 5.92 Å². The van der Waals surface area contributed by atoms with Crippen LogP contribution >= 0.6 is 0 Å². The summed E-state index contributed by atoms with van der Waals surface area (Å²) in [7, 11) is 0. The molecule has 0 aliphatic carbocycles. The molecule has 4 heterocycles. The van der Waals surface area contributed by atoms with Crippen molar-refractivity contribution in [3.05, 3.63) is 36.0 Å². The zero-order valence-corrected chi connectivity index (χ0v) is 11.5. The Morgan fingerprint density at radius 1 is 1.15 bits per heavy atom. The van der Waals surface area contributed by atoms with Gasteiger partial charge < -0.3 is 15.2 Å². The van der Waals surface area contributed by atoms with Gasteiger partial charge >= 0.3 is 0 Å². The summed E-state index contributed by atoms with van der Waals surface area (Å²) < 4.78 is 4.93. The molecular weight excluding hydrogens is 250 g/mol. The fourth-order valence-electron chi connectivity index (χ4n) is 3.72. The van der Waals surface area contributed by atoms with E-state index in [1.165, 1.54) is 38.0 Å². The minimum atomic E-state index is 0.389. The number of hydrogen-bond donors (Lipinski definition) is 1. The van der Waals surface area contributed by atoms with Gasteiger partial charge in [0.25, 0.3) is 0 Å². The molecule has 1 aromatic heterocycles. The van der Waals surface area contributed by atoms with E-state index in [-0.39, 0.29) is 0 Å². The Hall–Kier alpha value is -1.81. The Bertz CT molecular complexity index is 596. The predicted molar refractivity (Wildman–Crippen MR) is 78.3 cm³/mol. The predicted octanol–water partition coefficient (Wildman–Crippen LogP) is 2.73. The van der Waals surface area contributed by atoms with Gasteiger partial charge in [-0.05, 0) is 48.9 Å². The molecule has 0 radical (unpaired) electrons. The first-order valence-corrected chi connectivity index (χ1v) is 7.34. The van der Waals surface area contributed by atoms with Crippen LogP contribution in [0.2, 0.25) is 0 Å². The first-order valence-electron chi connectivity index (χ1n) is 7.34. The van der Waals surface area contributed by atoms with Crippen LogP contribution in [0.3, 0.4) is 0 Å². The Balaban J connectivity index is 1.60. The van der Waals surface area contributed by atoms with Crippen molar-refractivity contribution < 1.29 is 4.52 Å². The Morgan fingerprint density at radius 3 is 2.45 bits per heavy atom. The molecule has 2 N–H and O–H groups in total. The van der Waals surface area contributed by atoms with Crippen LogP contribution in [0.25, 0.3) is 11.1 Å². The third-order valence-electron chi connectivity index (χ3n) is 4.90. The normalized spacial score (nSPS) is 28.7. The van der Waals surface area contributed by atoms with E-state index >= 15 is 0 Å². The van der Waals surface area contributed by atoms with E-state index in [2.05, 4.69) is 34.3 Å². The van der Waals surface area contributed by atoms with Crippen LogP contribution in [0.4, 0.5) is 5.88 Å². The average Bonchev–Trinajstić information content (AvgIpc) is 2.95. The fraction of sp³-hybridized carbons (Fsp3) is 0.438. The van der Waals surface area contributed by atoms with Gasteiger partial charge in [-0.2, -0.15) is 0 Å². The maximum Gasteiger partial charge on any atom is 0.229 e. The zero-order valence-electron chi connectivity index (χ0n) is 11.5. The fourth-order valence-corrected chi connectivity index (χ4v) is 3.72. The van der Waals surface area contributed by atoms with Crippen molar-refractivity contribution in [1.29, 1.82) is 0 Å². The van der Waals surface area contributed by atoms with Crippen LogP contribution in [-0.4, -0.2) is 29.7 Å². The molecule has 0 spiro atoms. The number of rotatable bonds is 2. The molecule has 20 heavy (non-hydrogen) atoms. The average molecular weight is 269 g/mol. The standard InChI is InChI=1S/C16H19N3O/c17-16-14(9-18-20-16)11-1-3-12(4-2-11)15-10-19-7-5-13(15)6-8-19/h1-4,9,13,15H,5-8,10,17H2. The van der Waals surface area contributed by atoms with Gasteiger partial charge in [0, 0.05) is 6.54 Å². The number of piperidine rings is 3. The molecule has 5 rings (SSSR count). The molecule has 4 nitrogen and oxygen atoms in total. The quantitative estimate of drug-likeness (QED) is 0.910. The van der Waals surface area contributed by atoms with Gasteiger partial charge in [-0.3, -0.25) is 0 Å². The number of nitrogens with zero attached hydrogens (tertiary/aromatic N) is 2. The number of benzene rings is 1. The van der Waals surface area contributed by atoms with Crippen molar-refractivity contribution >= 4 is 5.88 Å². The van der Waals surface area contributed by atoms with Crippen molar-refractivity contribution in [3.63, 3.8) is 0 Å². The molecule has 4 heteroatoms. The smallest absolute Gasteiger partial charge is 0.229 e. The maximum absolute atomic E-state index is 5.77. The summed E-state index contributed by atoms with van der Waals surface area (Å²) in [6.07, 6.45) is 4.38. The highest BCUT2D eigenvalue weighted by atomic mass is 16.5. The molecule has 3 aliphatic heterocycles. The van der Waals surface area contributed by atoms with Gasteiger partial charge in [0.05, 0.1) is 11.8 Å². The summed E-state index contributed by atoms with van der Waals surface area (Å²) in [5.74, 6) is 1.96. The van der Waals surface area contributed by atoms with Crippen LogP contribution in [0.1, 0.15) is 24.3 Å². The summed E-state index contributed by atoms with van der Waals surface area (Å²) in [5.41, 5.74) is 9.18. The highest BCUT2D eigenvalue weighted by Crippen LogP contribution is 2.39. The first-order chi connectivity index (χ1) is 9.81. The van der Waals surface area contributed by atoms with Crippen LogP contribution < -0.4 is 5.73 Å². The van der Waals surface area contributed by atoms with E-state index < -0.39 is 0 Å². The largest absolute Gasteiger partial charge is 0.367 e. The number of nitrogens with two attached hydrogens (primary N) is 1. The summed E-state index contributed by atoms with van der Waals surface area (Å²) in [4.78, 5) is 2.59. The van der Waals surface area contributed by atoms with Crippen LogP contribution in [0.5, 0.6) is 0 Å². The number of hydrogen-bond acceptors (Lipinski definition) is 4. The maximum atomic E-state index is 5.77. The third kappa shape index (κ3) is 1.91. The second kappa shape index (κ2) is 4.63. The monoisotopic (exact) mass is 269 g/mol. The molecule has 104 valence electrons. The van der Waals surface area contributed by atoms with Crippen molar-refractivity contribution in [2.45, 2.75) is 18.8 Å². The van der Waals surface area contributed by atoms with E-state index in [9.17, 15) is 0 Å². The summed E-state index contributed by atoms with van der Waals surface area (Å²) in [6, 6.07) is 8.76. The van der Waals surface area contributed by atoms with Crippen molar-refractivity contribution in [1.82, 2.24) is 10.1 Å². The lowest BCUT2D eigenvalue weighted by atomic mass is 9.75. The molecule has 0 saturated carbocycles. The molecule has 2 bridgehead atoms. The molecule has 1 unspecified atom stereocenters. The SMILES string of the molecule is Nc1oncc1-c1ccc(C2CN3CCC2CC3)cc1. The summed E-state index contributed by atoms with van der Waals surface area (Å²) in [6.45, 7) is 3.80. The Morgan fingerprint density at radius 2 is 1.90 bits per heavy atom. The molecule has 3 aliphatic rings. The second-order valence-corrected chi connectivity index (χ2v) is 5.97. The lowest BCUT2D eigenvalue weighted by Gasteiger charge is -2.45. The number of fused-ring (bicyclic) bond motifs is 3. The van der Waals surface area contributed by atoms with Gasteiger partial charge in [-0.15, -0.1) is 0 Å².